The van der Waals surface area contributed by atoms with Crippen molar-refractivity contribution in [2.75, 3.05) is 0 Å². The molecule has 0 aromatic heterocycles. The summed E-state index contributed by atoms with van der Waals surface area (Å²) in [5.41, 5.74) is 2.07. The molecule has 4 nitrogen and oxygen atoms in total. The summed E-state index contributed by atoms with van der Waals surface area (Å²) < 4.78 is 0. The third-order valence-electron chi connectivity index (χ3n) is 3.69. The first-order chi connectivity index (χ1) is 11.8. The number of aromatic hydroxyl groups is 1. The quantitative estimate of drug-likeness (QED) is 0.723. The van der Waals surface area contributed by atoms with Crippen LogP contribution in [0.25, 0.3) is 6.08 Å². The van der Waals surface area contributed by atoms with Gasteiger partial charge in [-0.3, -0.25) is 14.5 Å². The van der Waals surface area contributed by atoms with Crippen LogP contribution in [0.15, 0.2) is 41.3 Å². The third kappa shape index (κ3) is 3.84. The minimum atomic E-state index is -0.415. The SMILES string of the molecule is Cc1ccc(O)c(/C=C2\SC(=O)N(Cc3ccc(Cl)cc3Cl)C2=O)c1. The van der Waals surface area contributed by atoms with Gasteiger partial charge < -0.3 is 5.11 Å². The van der Waals surface area contributed by atoms with Crippen molar-refractivity contribution in [1.82, 2.24) is 4.90 Å². The number of carbonyl (C=O) groups excluding carboxylic acids is 2. The molecule has 2 amide bonds. The van der Waals surface area contributed by atoms with Crippen molar-refractivity contribution >= 4 is 52.2 Å². The van der Waals surface area contributed by atoms with Gasteiger partial charge in [0.25, 0.3) is 11.1 Å². The van der Waals surface area contributed by atoms with Gasteiger partial charge in [0.15, 0.2) is 0 Å². The monoisotopic (exact) mass is 393 g/mol. The van der Waals surface area contributed by atoms with Gasteiger partial charge in [0.1, 0.15) is 5.75 Å². The van der Waals surface area contributed by atoms with Gasteiger partial charge in [-0.2, -0.15) is 0 Å². The number of aryl methyl sites for hydroxylation is 1. The predicted octanol–water partition coefficient (Wildman–Crippen LogP) is 5.24. The molecule has 2 aromatic carbocycles. The van der Waals surface area contributed by atoms with Gasteiger partial charge in [0.2, 0.25) is 0 Å². The highest BCUT2D eigenvalue weighted by Gasteiger charge is 2.35. The Balaban J connectivity index is 1.87. The normalized spacial score (nSPS) is 16.1. The number of phenols is 1. The van der Waals surface area contributed by atoms with Crippen LogP contribution in [0.4, 0.5) is 4.79 Å². The summed E-state index contributed by atoms with van der Waals surface area (Å²) in [6.45, 7) is 1.95. The molecule has 3 rings (SSSR count). The number of halogens is 2. The smallest absolute Gasteiger partial charge is 0.293 e. The molecule has 1 heterocycles. The van der Waals surface area contributed by atoms with Crippen molar-refractivity contribution in [1.29, 1.82) is 0 Å². The molecular weight excluding hydrogens is 381 g/mol. The summed E-state index contributed by atoms with van der Waals surface area (Å²) in [5.74, 6) is -0.361. The zero-order chi connectivity index (χ0) is 18.1. The highest BCUT2D eigenvalue weighted by Crippen LogP contribution is 2.35. The molecule has 0 radical (unpaired) electrons. The van der Waals surface area contributed by atoms with E-state index in [0.29, 0.717) is 21.2 Å². The highest BCUT2D eigenvalue weighted by atomic mass is 35.5. The number of hydrogen-bond acceptors (Lipinski definition) is 4. The summed E-state index contributed by atoms with van der Waals surface area (Å²) in [5, 5.41) is 10.4. The Kier molecular flexibility index (Phi) is 5.08. The van der Waals surface area contributed by atoms with E-state index in [1.807, 2.05) is 6.92 Å². The van der Waals surface area contributed by atoms with Gasteiger partial charge in [-0.25, -0.2) is 0 Å². The van der Waals surface area contributed by atoms with Gasteiger partial charge in [0.05, 0.1) is 11.4 Å². The molecule has 1 aliphatic heterocycles. The lowest BCUT2D eigenvalue weighted by Crippen LogP contribution is -2.27. The van der Waals surface area contributed by atoms with Crippen LogP contribution in [0, 0.1) is 6.92 Å². The fourth-order valence-electron chi connectivity index (χ4n) is 2.39. The number of amides is 2. The maximum absolute atomic E-state index is 12.6. The number of benzene rings is 2. The molecule has 0 bridgehead atoms. The molecule has 0 spiro atoms. The number of carbonyl (C=O) groups is 2. The van der Waals surface area contributed by atoms with Crippen LogP contribution >= 0.6 is 35.0 Å². The number of rotatable bonds is 3. The highest BCUT2D eigenvalue weighted by molar-refractivity contribution is 8.18. The van der Waals surface area contributed by atoms with E-state index in [1.54, 1.807) is 36.4 Å². The molecule has 0 saturated carbocycles. The second-order valence-electron chi connectivity index (χ2n) is 5.57. The Bertz CT molecular complexity index is 911. The molecule has 128 valence electrons. The van der Waals surface area contributed by atoms with E-state index < -0.39 is 5.91 Å². The minimum Gasteiger partial charge on any atom is -0.507 e. The first kappa shape index (κ1) is 17.9. The molecule has 0 unspecified atom stereocenters. The fraction of sp³-hybridized carbons (Fsp3) is 0.111. The Hall–Kier alpha value is -1.95. The predicted molar refractivity (Wildman–Crippen MR) is 101 cm³/mol. The van der Waals surface area contributed by atoms with Crippen LogP contribution in [0.2, 0.25) is 10.0 Å². The van der Waals surface area contributed by atoms with Crippen LogP contribution < -0.4 is 0 Å². The third-order valence-corrected chi connectivity index (χ3v) is 5.18. The molecule has 7 heteroatoms. The van der Waals surface area contributed by atoms with E-state index >= 15 is 0 Å². The van der Waals surface area contributed by atoms with Crippen LogP contribution in [-0.4, -0.2) is 21.2 Å². The zero-order valence-corrected chi connectivity index (χ0v) is 15.5. The molecular formula is C18H13Cl2NO3S. The van der Waals surface area contributed by atoms with E-state index in [1.165, 1.54) is 6.08 Å². The molecule has 0 aliphatic carbocycles. The van der Waals surface area contributed by atoms with Gasteiger partial charge in [-0.1, -0.05) is 40.9 Å². The van der Waals surface area contributed by atoms with Gasteiger partial charge in [-0.05, 0) is 54.6 Å². The van der Waals surface area contributed by atoms with Crippen LogP contribution in [0.5, 0.6) is 5.75 Å². The topological polar surface area (TPSA) is 57.6 Å². The van der Waals surface area contributed by atoms with E-state index in [2.05, 4.69) is 0 Å². The standard InChI is InChI=1S/C18H13Cl2NO3S/c1-10-2-5-15(22)12(6-10)7-16-17(23)21(18(24)25-16)9-11-3-4-13(19)8-14(11)20/h2-8,22H,9H2,1H3/b16-7-. The van der Waals surface area contributed by atoms with E-state index in [4.69, 9.17) is 23.2 Å². The summed E-state index contributed by atoms with van der Waals surface area (Å²) in [6.07, 6.45) is 1.52. The lowest BCUT2D eigenvalue weighted by atomic mass is 10.1. The second kappa shape index (κ2) is 7.12. The Labute approximate surface area is 159 Å². The minimum absolute atomic E-state index is 0.0538. The lowest BCUT2D eigenvalue weighted by Gasteiger charge is -2.13. The van der Waals surface area contributed by atoms with E-state index in [0.717, 1.165) is 22.2 Å². The number of imide groups is 1. The maximum Gasteiger partial charge on any atom is 0.293 e. The summed E-state index contributed by atoms with van der Waals surface area (Å²) in [7, 11) is 0. The van der Waals surface area contributed by atoms with Crippen molar-refractivity contribution in [3.8, 4) is 5.75 Å². The molecule has 1 saturated heterocycles. The first-order valence-electron chi connectivity index (χ1n) is 7.34. The molecule has 25 heavy (non-hydrogen) atoms. The van der Waals surface area contributed by atoms with Gasteiger partial charge >= 0.3 is 0 Å². The number of hydrogen-bond donors (Lipinski definition) is 1. The van der Waals surface area contributed by atoms with Crippen LogP contribution in [0.1, 0.15) is 16.7 Å². The van der Waals surface area contributed by atoms with Crippen molar-refractivity contribution in [3.63, 3.8) is 0 Å². The maximum atomic E-state index is 12.6. The molecule has 2 aromatic rings. The van der Waals surface area contributed by atoms with Gasteiger partial charge in [-0.15, -0.1) is 0 Å². The van der Waals surface area contributed by atoms with E-state index in [-0.39, 0.29) is 22.4 Å². The van der Waals surface area contributed by atoms with Crippen molar-refractivity contribution in [3.05, 3.63) is 68.0 Å². The number of thioether (sulfide) groups is 1. The summed E-state index contributed by atoms with van der Waals surface area (Å²) in [6, 6.07) is 9.98. The Morgan fingerprint density at radius 3 is 2.64 bits per heavy atom. The number of phenolic OH excluding ortho intramolecular Hbond substituents is 1. The summed E-state index contributed by atoms with van der Waals surface area (Å²) >= 11 is 12.8. The van der Waals surface area contributed by atoms with Crippen LogP contribution in [-0.2, 0) is 11.3 Å². The molecule has 1 aliphatic rings. The van der Waals surface area contributed by atoms with Crippen LogP contribution in [0.3, 0.4) is 0 Å². The second-order valence-corrected chi connectivity index (χ2v) is 7.40. The van der Waals surface area contributed by atoms with Crippen molar-refractivity contribution < 1.29 is 14.7 Å². The van der Waals surface area contributed by atoms with Crippen molar-refractivity contribution in [2.45, 2.75) is 13.5 Å². The average Bonchev–Trinajstić information content (AvgIpc) is 2.81. The Morgan fingerprint density at radius 2 is 1.92 bits per heavy atom. The number of nitrogens with zero attached hydrogens (tertiary/aromatic N) is 1. The Morgan fingerprint density at radius 1 is 1.16 bits per heavy atom. The zero-order valence-electron chi connectivity index (χ0n) is 13.1. The average molecular weight is 394 g/mol. The molecule has 1 fully saturated rings. The lowest BCUT2D eigenvalue weighted by molar-refractivity contribution is -0.123. The molecule has 1 N–H and O–H groups in total. The summed E-state index contributed by atoms with van der Waals surface area (Å²) in [4.78, 5) is 26.2. The molecule has 0 atom stereocenters. The van der Waals surface area contributed by atoms with Crippen molar-refractivity contribution in [2.24, 2.45) is 0 Å². The van der Waals surface area contributed by atoms with E-state index in [9.17, 15) is 14.7 Å². The fourth-order valence-corrected chi connectivity index (χ4v) is 3.68. The van der Waals surface area contributed by atoms with Gasteiger partial charge in [0, 0.05) is 15.6 Å². The first-order valence-corrected chi connectivity index (χ1v) is 8.91. The largest absolute Gasteiger partial charge is 0.507 e.